The molecule has 3 aromatic carbocycles. The van der Waals surface area contributed by atoms with E-state index in [-0.39, 0.29) is 18.5 Å². The van der Waals surface area contributed by atoms with Gasteiger partial charge in [0.05, 0.1) is 16.6 Å². The Morgan fingerprint density at radius 2 is 1.93 bits per heavy atom. The van der Waals surface area contributed by atoms with E-state index in [9.17, 15) is 4.39 Å². The van der Waals surface area contributed by atoms with Crippen molar-refractivity contribution in [2.45, 2.75) is 25.6 Å². The number of benzene rings is 3. The molecule has 2 heterocycles. The fraction of sp³-hybridized carbons (Fsp3) is 0.226. The molecule has 6 nitrogen and oxygen atoms in total. The van der Waals surface area contributed by atoms with Gasteiger partial charge in [0, 0.05) is 17.5 Å². The minimum absolute atomic E-state index is 0.173. The van der Waals surface area contributed by atoms with Crippen LogP contribution in [0.3, 0.4) is 0 Å². The molecule has 9 heteroatoms. The fourth-order valence-electron chi connectivity index (χ4n) is 4.46. The van der Waals surface area contributed by atoms with Crippen LogP contribution in [0.15, 0.2) is 83.5 Å². The Kier molecular flexibility index (Phi) is 9.21. The Balaban J connectivity index is 1.29. The molecule has 2 N–H and O–H groups in total. The predicted octanol–water partition coefficient (Wildman–Crippen LogP) is 7.89. The van der Waals surface area contributed by atoms with Crippen molar-refractivity contribution in [2.75, 3.05) is 24.4 Å². The quantitative estimate of drug-likeness (QED) is 0.156. The summed E-state index contributed by atoms with van der Waals surface area (Å²) >= 11 is 8.31. The van der Waals surface area contributed by atoms with Crippen molar-refractivity contribution in [3.05, 3.63) is 107 Å². The van der Waals surface area contributed by atoms with E-state index < -0.39 is 0 Å². The minimum Gasteiger partial charge on any atom is -0.487 e. The molecule has 1 unspecified atom stereocenters. The molecule has 0 aliphatic rings. The number of anilines is 1. The number of fused-ring (bicyclic) bond motifs is 1. The number of nitrogens with one attached hydrogen (secondary N) is 2. The Hall–Kier alpha value is -3.59. The van der Waals surface area contributed by atoms with E-state index >= 15 is 0 Å². The van der Waals surface area contributed by atoms with Crippen molar-refractivity contribution in [1.82, 2.24) is 15.3 Å². The van der Waals surface area contributed by atoms with Crippen LogP contribution < -0.4 is 15.4 Å². The summed E-state index contributed by atoms with van der Waals surface area (Å²) in [7, 11) is 1.96. The maximum absolute atomic E-state index is 13.4. The van der Waals surface area contributed by atoms with Crippen molar-refractivity contribution in [3.63, 3.8) is 0 Å². The second-order valence-electron chi connectivity index (χ2n) is 9.32. The summed E-state index contributed by atoms with van der Waals surface area (Å²) in [5, 5.41) is 8.14. The molecule has 0 spiro atoms. The van der Waals surface area contributed by atoms with E-state index in [2.05, 4.69) is 26.9 Å². The van der Waals surface area contributed by atoms with Gasteiger partial charge >= 0.3 is 0 Å². The Morgan fingerprint density at radius 3 is 2.73 bits per heavy atom. The number of halogens is 2. The normalized spacial score (nSPS) is 12.0. The third-order valence-corrected chi connectivity index (χ3v) is 7.53. The molecule has 0 bridgehead atoms. The highest BCUT2D eigenvalue weighted by Crippen LogP contribution is 2.31. The van der Waals surface area contributed by atoms with Gasteiger partial charge in [-0.05, 0) is 91.2 Å². The van der Waals surface area contributed by atoms with Crippen LogP contribution in [-0.4, -0.2) is 29.0 Å². The predicted molar refractivity (Wildman–Crippen MR) is 162 cm³/mol. The number of aromatic nitrogens is 2. The zero-order valence-corrected chi connectivity index (χ0v) is 23.9. The standard InChI is InChI=1S/C31H30ClFN4O2S/c1-34-27(12-13-40-2)30-11-10-28(39-30)22-7-8-26-24(16-22)31(37-19-36-26)35-17-20-6-9-29(25(32)15-20)38-18-21-4-3-5-23(33)14-21/h3-11,14-16,19,27,34H,12-13,17-18H2,1-2H3,(H,35,36,37). The van der Waals surface area contributed by atoms with Gasteiger partial charge < -0.3 is 19.8 Å². The lowest BCUT2D eigenvalue weighted by atomic mass is 10.1. The van der Waals surface area contributed by atoms with Crippen LogP contribution in [0, 0.1) is 5.82 Å². The first-order valence-electron chi connectivity index (χ1n) is 12.9. The van der Waals surface area contributed by atoms with Crippen molar-refractivity contribution < 1.29 is 13.5 Å². The van der Waals surface area contributed by atoms with Crippen molar-refractivity contribution in [1.29, 1.82) is 0 Å². The van der Waals surface area contributed by atoms with Crippen LogP contribution in [0.4, 0.5) is 10.2 Å². The highest BCUT2D eigenvalue weighted by molar-refractivity contribution is 7.98. The van der Waals surface area contributed by atoms with E-state index in [1.165, 1.54) is 12.1 Å². The molecular formula is C31H30ClFN4O2S. The number of thioether (sulfide) groups is 1. The third kappa shape index (κ3) is 6.75. The lowest BCUT2D eigenvalue weighted by molar-refractivity contribution is 0.305. The summed E-state index contributed by atoms with van der Waals surface area (Å²) in [6.45, 7) is 0.735. The minimum atomic E-state index is -0.295. The molecule has 1 atom stereocenters. The van der Waals surface area contributed by atoms with Gasteiger partial charge in [0.2, 0.25) is 0 Å². The molecule has 0 aliphatic heterocycles. The van der Waals surface area contributed by atoms with E-state index in [1.54, 1.807) is 12.4 Å². The molecule has 5 aromatic rings. The average molecular weight is 577 g/mol. The zero-order chi connectivity index (χ0) is 27.9. The van der Waals surface area contributed by atoms with E-state index in [0.717, 1.165) is 51.3 Å². The van der Waals surface area contributed by atoms with Crippen LogP contribution in [0.25, 0.3) is 22.2 Å². The highest BCUT2D eigenvalue weighted by Gasteiger charge is 2.15. The van der Waals surface area contributed by atoms with Gasteiger partial charge in [-0.2, -0.15) is 11.8 Å². The lowest BCUT2D eigenvalue weighted by Gasteiger charge is -2.13. The molecule has 0 amide bonds. The third-order valence-electron chi connectivity index (χ3n) is 6.59. The molecule has 0 radical (unpaired) electrons. The molecular weight excluding hydrogens is 547 g/mol. The summed E-state index contributed by atoms with van der Waals surface area (Å²) in [4.78, 5) is 8.93. The van der Waals surface area contributed by atoms with Crippen molar-refractivity contribution >= 4 is 40.1 Å². The zero-order valence-electron chi connectivity index (χ0n) is 22.3. The topological polar surface area (TPSA) is 72.2 Å². The molecule has 0 saturated carbocycles. The maximum Gasteiger partial charge on any atom is 0.138 e. The van der Waals surface area contributed by atoms with Gasteiger partial charge in [0.15, 0.2) is 0 Å². The van der Waals surface area contributed by atoms with Gasteiger partial charge in [0.1, 0.15) is 41.8 Å². The SMILES string of the molecule is CNC(CCSC)c1ccc(-c2ccc3ncnc(NCc4ccc(OCc5cccc(F)c5)c(Cl)c4)c3c2)o1. The summed E-state index contributed by atoms with van der Waals surface area (Å²) in [5.74, 6) is 3.75. The summed E-state index contributed by atoms with van der Waals surface area (Å²) in [5.41, 5.74) is 3.49. The second kappa shape index (κ2) is 13.2. The van der Waals surface area contributed by atoms with Gasteiger partial charge in [-0.15, -0.1) is 0 Å². The first kappa shape index (κ1) is 28.0. The smallest absolute Gasteiger partial charge is 0.138 e. The van der Waals surface area contributed by atoms with E-state index in [1.807, 2.05) is 73.4 Å². The van der Waals surface area contributed by atoms with E-state index in [4.69, 9.17) is 20.8 Å². The number of hydrogen-bond acceptors (Lipinski definition) is 7. The lowest BCUT2D eigenvalue weighted by Crippen LogP contribution is -2.16. The average Bonchev–Trinajstić information content (AvgIpc) is 3.46. The van der Waals surface area contributed by atoms with Crippen LogP contribution in [0.1, 0.15) is 29.3 Å². The van der Waals surface area contributed by atoms with Crippen LogP contribution >= 0.6 is 23.4 Å². The van der Waals surface area contributed by atoms with Gasteiger partial charge in [0.25, 0.3) is 0 Å². The van der Waals surface area contributed by atoms with Crippen molar-refractivity contribution in [3.8, 4) is 17.1 Å². The van der Waals surface area contributed by atoms with Crippen LogP contribution in [0.2, 0.25) is 5.02 Å². The molecule has 40 heavy (non-hydrogen) atoms. The maximum atomic E-state index is 13.4. The van der Waals surface area contributed by atoms with Gasteiger partial charge in [-0.3, -0.25) is 0 Å². The molecule has 0 aliphatic carbocycles. The molecule has 5 rings (SSSR count). The molecule has 0 saturated heterocycles. The van der Waals surface area contributed by atoms with Gasteiger partial charge in [-0.25, -0.2) is 14.4 Å². The van der Waals surface area contributed by atoms with Crippen LogP contribution in [-0.2, 0) is 13.2 Å². The number of hydrogen-bond donors (Lipinski definition) is 2. The number of nitrogens with zero attached hydrogens (tertiary/aromatic N) is 2. The molecule has 0 fully saturated rings. The molecule has 206 valence electrons. The molecule has 2 aromatic heterocycles. The van der Waals surface area contributed by atoms with Gasteiger partial charge in [-0.1, -0.05) is 29.8 Å². The van der Waals surface area contributed by atoms with Crippen molar-refractivity contribution in [2.24, 2.45) is 0 Å². The number of furan rings is 1. The largest absolute Gasteiger partial charge is 0.487 e. The fourth-order valence-corrected chi connectivity index (χ4v) is 5.18. The summed E-state index contributed by atoms with van der Waals surface area (Å²) in [6, 6.07) is 22.2. The number of ether oxygens (including phenoxy) is 1. The Labute approximate surface area is 242 Å². The summed E-state index contributed by atoms with van der Waals surface area (Å²) in [6.07, 6.45) is 4.65. The Bertz CT molecular complexity index is 1600. The monoisotopic (exact) mass is 576 g/mol. The first-order chi connectivity index (χ1) is 19.5. The second-order valence-corrected chi connectivity index (χ2v) is 10.7. The first-order valence-corrected chi connectivity index (χ1v) is 14.7. The summed E-state index contributed by atoms with van der Waals surface area (Å²) < 4.78 is 25.5. The Morgan fingerprint density at radius 1 is 1.02 bits per heavy atom. The highest BCUT2D eigenvalue weighted by atomic mass is 35.5. The van der Waals surface area contributed by atoms with Crippen LogP contribution in [0.5, 0.6) is 5.75 Å². The number of rotatable bonds is 12. The van der Waals surface area contributed by atoms with E-state index in [0.29, 0.717) is 23.1 Å².